The molecule has 1 nitrogen and oxygen atoms in total. The van der Waals surface area contributed by atoms with E-state index in [4.69, 9.17) is 0 Å². The lowest BCUT2D eigenvalue weighted by Gasteiger charge is -1.84. The second kappa shape index (κ2) is 14.7. The molecule has 0 radical (unpaired) electrons. The zero-order chi connectivity index (χ0) is 13.5. The molecule has 0 fully saturated rings. The SMILES string of the molecule is C/C=C(C)\C=C/CC.CN.Cc1ccccc1. The Bertz CT molecular complexity index is 297. The Morgan fingerprint density at radius 2 is 1.71 bits per heavy atom. The molecule has 17 heavy (non-hydrogen) atoms. The summed E-state index contributed by atoms with van der Waals surface area (Å²) in [4.78, 5) is 0. The van der Waals surface area contributed by atoms with E-state index in [0.717, 1.165) is 6.42 Å². The Morgan fingerprint density at radius 1 is 1.18 bits per heavy atom. The van der Waals surface area contributed by atoms with Crippen LogP contribution in [0.3, 0.4) is 0 Å². The highest BCUT2D eigenvalue weighted by atomic mass is 14.4. The third-order valence-electron chi connectivity index (χ3n) is 2.01. The zero-order valence-electron chi connectivity index (χ0n) is 11.9. The van der Waals surface area contributed by atoms with Crippen LogP contribution in [0.4, 0.5) is 0 Å². The first-order valence-corrected chi connectivity index (χ1v) is 6.09. The van der Waals surface area contributed by atoms with E-state index >= 15 is 0 Å². The summed E-state index contributed by atoms with van der Waals surface area (Å²) in [7, 11) is 1.50. The van der Waals surface area contributed by atoms with Crippen molar-refractivity contribution < 1.29 is 0 Å². The van der Waals surface area contributed by atoms with Gasteiger partial charge in [0, 0.05) is 0 Å². The van der Waals surface area contributed by atoms with Crippen molar-refractivity contribution in [3.05, 3.63) is 59.7 Å². The topological polar surface area (TPSA) is 26.0 Å². The fraction of sp³-hybridized carbons (Fsp3) is 0.375. The number of benzene rings is 1. The van der Waals surface area contributed by atoms with Crippen LogP contribution in [0.1, 0.15) is 32.8 Å². The van der Waals surface area contributed by atoms with Crippen molar-refractivity contribution in [2.24, 2.45) is 5.73 Å². The van der Waals surface area contributed by atoms with Gasteiger partial charge in [0.2, 0.25) is 0 Å². The molecular formula is C16H27N. The van der Waals surface area contributed by atoms with Gasteiger partial charge >= 0.3 is 0 Å². The van der Waals surface area contributed by atoms with Crippen LogP contribution in [0.15, 0.2) is 54.1 Å². The van der Waals surface area contributed by atoms with Crippen LogP contribution in [-0.2, 0) is 0 Å². The molecule has 2 N–H and O–H groups in total. The normalized spacial score (nSPS) is 10.1. The predicted octanol–water partition coefficient (Wildman–Crippen LogP) is 4.49. The second-order valence-corrected chi connectivity index (χ2v) is 3.50. The average Bonchev–Trinajstić information content (AvgIpc) is 2.40. The minimum Gasteiger partial charge on any atom is -0.333 e. The molecule has 0 amide bonds. The molecule has 0 spiro atoms. The fourth-order valence-corrected chi connectivity index (χ4v) is 0.934. The van der Waals surface area contributed by atoms with E-state index in [0.29, 0.717) is 0 Å². The summed E-state index contributed by atoms with van der Waals surface area (Å²) in [5.41, 5.74) is 7.16. The predicted molar refractivity (Wildman–Crippen MR) is 80.2 cm³/mol. The molecular weight excluding hydrogens is 206 g/mol. The molecule has 0 aliphatic carbocycles. The average molecular weight is 233 g/mol. The lowest BCUT2D eigenvalue weighted by molar-refractivity contribution is 1.22. The number of nitrogens with two attached hydrogens (primary N) is 1. The summed E-state index contributed by atoms with van der Waals surface area (Å²) in [6.07, 6.45) is 7.53. The third kappa shape index (κ3) is 14.7. The fourth-order valence-electron chi connectivity index (χ4n) is 0.934. The van der Waals surface area contributed by atoms with Gasteiger partial charge in [0.25, 0.3) is 0 Å². The lowest BCUT2D eigenvalue weighted by atomic mass is 10.2. The van der Waals surface area contributed by atoms with E-state index in [1.165, 1.54) is 18.2 Å². The summed E-state index contributed by atoms with van der Waals surface area (Å²) >= 11 is 0. The highest BCUT2D eigenvalue weighted by Crippen LogP contribution is 1.93. The van der Waals surface area contributed by atoms with Gasteiger partial charge in [0.15, 0.2) is 0 Å². The van der Waals surface area contributed by atoms with Gasteiger partial charge in [0.1, 0.15) is 0 Å². The summed E-state index contributed by atoms with van der Waals surface area (Å²) in [5.74, 6) is 0. The second-order valence-electron chi connectivity index (χ2n) is 3.50. The minimum atomic E-state index is 1.13. The molecule has 1 aromatic carbocycles. The van der Waals surface area contributed by atoms with Crippen molar-refractivity contribution in [2.75, 3.05) is 7.05 Å². The summed E-state index contributed by atoms with van der Waals surface area (Å²) in [6.45, 7) is 8.38. The molecule has 0 heterocycles. The third-order valence-corrected chi connectivity index (χ3v) is 2.01. The highest BCUT2D eigenvalue weighted by molar-refractivity contribution is 5.14. The van der Waals surface area contributed by atoms with E-state index in [9.17, 15) is 0 Å². The molecule has 0 aliphatic rings. The van der Waals surface area contributed by atoms with Crippen LogP contribution >= 0.6 is 0 Å². The maximum absolute atomic E-state index is 4.50. The molecule has 1 heteroatoms. The van der Waals surface area contributed by atoms with E-state index in [2.05, 4.69) is 63.8 Å². The van der Waals surface area contributed by atoms with Crippen molar-refractivity contribution in [1.29, 1.82) is 0 Å². The quantitative estimate of drug-likeness (QED) is 0.748. The van der Waals surface area contributed by atoms with Crippen LogP contribution in [0, 0.1) is 6.92 Å². The molecule has 0 unspecified atom stereocenters. The number of hydrogen-bond donors (Lipinski definition) is 1. The van der Waals surface area contributed by atoms with Crippen LogP contribution in [-0.4, -0.2) is 7.05 Å². The summed E-state index contributed by atoms with van der Waals surface area (Å²) in [6, 6.07) is 10.3. The monoisotopic (exact) mass is 233 g/mol. The van der Waals surface area contributed by atoms with Gasteiger partial charge in [-0.3, -0.25) is 0 Å². The zero-order valence-corrected chi connectivity index (χ0v) is 11.9. The Hall–Kier alpha value is -1.34. The van der Waals surface area contributed by atoms with E-state index in [-0.39, 0.29) is 0 Å². The van der Waals surface area contributed by atoms with Crippen molar-refractivity contribution in [3.8, 4) is 0 Å². The van der Waals surface area contributed by atoms with Gasteiger partial charge < -0.3 is 5.73 Å². The Balaban J connectivity index is 0. The van der Waals surface area contributed by atoms with E-state index in [1.54, 1.807) is 0 Å². The van der Waals surface area contributed by atoms with Gasteiger partial charge in [-0.15, -0.1) is 0 Å². The Labute approximate surface area is 107 Å². The van der Waals surface area contributed by atoms with Crippen LogP contribution in [0.25, 0.3) is 0 Å². The minimum absolute atomic E-state index is 1.13. The molecule has 0 aromatic heterocycles. The number of aryl methyl sites for hydroxylation is 1. The summed E-state index contributed by atoms with van der Waals surface area (Å²) < 4.78 is 0. The molecule has 96 valence electrons. The molecule has 0 bridgehead atoms. The number of allylic oxidation sites excluding steroid dienone is 4. The highest BCUT2D eigenvalue weighted by Gasteiger charge is 1.72. The van der Waals surface area contributed by atoms with E-state index < -0.39 is 0 Å². The number of hydrogen-bond acceptors (Lipinski definition) is 1. The lowest BCUT2D eigenvalue weighted by Crippen LogP contribution is -1.69. The van der Waals surface area contributed by atoms with Gasteiger partial charge in [-0.1, -0.05) is 66.6 Å². The van der Waals surface area contributed by atoms with Crippen molar-refractivity contribution >= 4 is 0 Å². The van der Waals surface area contributed by atoms with Crippen molar-refractivity contribution in [1.82, 2.24) is 0 Å². The maximum atomic E-state index is 4.50. The van der Waals surface area contributed by atoms with Crippen LogP contribution < -0.4 is 5.73 Å². The van der Waals surface area contributed by atoms with Crippen molar-refractivity contribution in [3.63, 3.8) is 0 Å². The first-order valence-electron chi connectivity index (χ1n) is 6.09. The molecule has 1 rings (SSSR count). The standard InChI is InChI=1S/C8H14.C7H8.CH5N/c1-4-6-7-8(3)5-2;1-7-5-3-2-4-6-7;1-2/h5-7H,4H2,1-3H3;2-6H,1H3;2H2,1H3/b7-6-,8-5-;;. The van der Waals surface area contributed by atoms with E-state index in [1.807, 2.05) is 18.2 Å². The first-order chi connectivity index (χ1) is 8.20. The first kappa shape index (κ1) is 18.0. The van der Waals surface area contributed by atoms with Crippen molar-refractivity contribution in [2.45, 2.75) is 34.1 Å². The van der Waals surface area contributed by atoms with Gasteiger partial charge in [-0.05, 0) is 34.2 Å². The molecule has 1 aromatic rings. The van der Waals surface area contributed by atoms with Crippen LogP contribution in [0.2, 0.25) is 0 Å². The van der Waals surface area contributed by atoms with Gasteiger partial charge in [-0.2, -0.15) is 0 Å². The summed E-state index contributed by atoms with van der Waals surface area (Å²) in [5, 5.41) is 0. The maximum Gasteiger partial charge on any atom is -0.0195 e. The smallest absolute Gasteiger partial charge is 0.0195 e. The van der Waals surface area contributed by atoms with Gasteiger partial charge in [-0.25, -0.2) is 0 Å². The van der Waals surface area contributed by atoms with Gasteiger partial charge in [0.05, 0.1) is 0 Å². The largest absolute Gasteiger partial charge is 0.333 e. The van der Waals surface area contributed by atoms with Crippen LogP contribution in [0.5, 0.6) is 0 Å². The molecule has 0 saturated heterocycles. The molecule has 0 aliphatic heterocycles. The molecule has 0 atom stereocenters. The Morgan fingerprint density at radius 3 is 2.00 bits per heavy atom. The molecule has 0 saturated carbocycles. The number of rotatable bonds is 2. The Kier molecular flexibility index (Phi) is 15.6.